The van der Waals surface area contributed by atoms with E-state index >= 15 is 0 Å². The van der Waals surface area contributed by atoms with Gasteiger partial charge in [0.05, 0.1) is 16.6 Å². The zero-order valence-electron chi connectivity index (χ0n) is 13.5. The molecule has 2 heterocycles. The summed E-state index contributed by atoms with van der Waals surface area (Å²) >= 11 is 0. The molecule has 1 aliphatic heterocycles. The molecule has 0 amide bonds. The van der Waals surface area contributed by atoms with Crippen molar-refractivity contribution in [1.82, 2.24) is 20.2 Å². The lowest BCUT2D eigenvalue weighted by atomic mass is 9.88. The van der Waals surface area contributed by atoms with Crippen LogP contribution in [0.2, 0.25) is 0 Å². The van der Waals surface area contributed by atoms with Crippen LogP contribution in [0.15, 0.2) is 24.3 Å². The monoisotopic (exact) mass is 314 g/mol. The second-order valence-electron chi connectivity index (χ2n) is 6.21. The number of aromatic amines is 1. The molecule has 0 saturated carbocycles. The van der Waals surface area contributed by atoms with Gasteiger partial charge in [0, 0.05) is 12.6 Å². The topological polar surface area (TPSA) is 81.2 Å². The zero-order chi connectivity index (χ0) is 16.4. The second-order valence-corrected chi connectivity index (χ2v) is 6.21. The lowest BCUT2D eigenvalue weighted by Crippen LogP contribution is -2.52. The highest BCUT2D eigenvalue weighted by Gasteiger charge is 2.37. The first-order valence-corrected chi connectivity index (χ1v) is 7.81. The Kier molecular flexibility index (Phi) is 4.19. The van der Waals surface area contributed by atoms with Crippen molar-refractivity contribution in [2.45, 2.75) is 18.4 Å². The number of likely N-dealkylation sites (tertiary alicyclic amines) is 1. The van der Waals surface area contributed by atoms with E-state index in [4.69, 9.17) is 10.1 Å². The minimum atomic E-state index is -0.949. The number of hydrogen-bond donors (Lipinski definition) is 3. The molecule has 122 valence electrons. The number of nitrogens with zero attached hydrogens (tertiary/aromatic N) is 2. The lowest BCUT2D eigenvalue weighted by Gasteiger charge is -2.40. The van der Waals surface area contributed by atoms with Crippen LogP contribution in [0.5, 0.6) is 0 Å². The molecule has 6 nitrogen and oxygen atoms in total. The number of piperidine rings is 1. The maximum Gasteiger partial charge on any atom is 0.328 e. The normalized spacial score (nSPS) is 22.9. The molecule has 0 bridgehead atoms. The lowest BCUT2D eigenvalue weighted by molar-refractivity contribution is -0.131. The number of benzene rings is 1. The Bertz CT molecular complexity index is 752. The third-order valence-electron chi connectivity index (χ3n) is 4.54. The minimum absolute atomic E-state index is 0.164. The molecule has 0 aliphatic carbocycles. The largest absolute Gasteiger partial charge is 0.478 e. The summed E-state index contributed by atoms with van der Waals surface area (Å²) < 4.78 is 0. The van der Waals surface area contributed by atoms with Gasteiger partial charge in [-0.05, 0) is 57.3 Å². The highest BCUT2D eigenvalue weighted by molar-refractivity contribution is 5.86. The maximum atomic E-state index is 10.6. The fourth-order valence-corrected chi connectivity index (χ4v) is 3.31. The molecule has 0 unspecified atom stereocenters. The van der Waals surface area contributed by atoms with Crippen molar-refractivity contribution in [3.8, 4) is 0 Å². The van der Waals surface area contributed by atoms with Gasteiger partial charge in [-0.3, -0.25) is 0 Å². The van der Waals surface area contributed by atoms with Gasteiger partial charge in [-0.1, -0.05) is 6.07 Å². The highest BCUT2D eigenvalue weighted by Crippen LogP contribution is 2.30. The van der Waals surface area contributed by atoms with Crippen LogP contribution in [-0.2, 0) is 10.3 Å². The van der Waals surface area contributed by atoms with Gasteiger partial charge in [-0.2, -0.15) is 0 Å². The fraction of sp³-hybridized carbons (Fsp3) is 0.412. The van der Waals surface area contributed by atoms with Gasteiger partial charge in [0.1, 0.15) is 5.82 Å². The van der Waals surface area contributed by atoms with E-state index in [2.05, 4.69) is 22.2 Å². The number of H-pyrrole nitrogens is 1. The minimum Gasteiger partial charge on any atom is -0.478 e. The molecule has 0 radical (unpaired) electrons. The van der Waals surface area contributed by atoms with Crippen molar-refractivity contribution < 1.29 is 9.90 Å². The summed E-state index contributed by atoms with van der Waals surface area (Å²) in [5.74, 6) is -0.00399. The summed E-state index contributed by atoms with van der Waals surface area (Å²) in [5, 5.41) is 12.2. The highest BCUT2D eigenvalue weighted by atomic mass is 16.4. The molecule has 6 heteroatoms. The van der Waals surface area contributed by atoms with E-state index in [1.807, 2.05) is 25.2 Å². The van der Waals surface area contributed by atoms with Crippen LogP contribution in [-0.4, -0.2) is 53.1 Å². The van der Waals surface area contributed by atoms with E-state index in [0.717, 1.165) is 54.4 Å². The van der Waals surface area contributed by atoms with Gasteiger partial charge in [-0.25, -0.2) is 9.78 Å². The molecule has 1 aromatic heterocycles. The van der Waals surface area contributed by atoms with Crippen molar-refractivity contribution in [3.05, 3.63) is 35.7 Å². The molecule has 1 aliphatic rings. The summed E-state index contributed by atoms with van der Waals surface area (Å²) in [5.41, 5.74) is 2.50. The second kappa shape index (κ2) is 6.14. The number of carboxylic acid groups (broad SMARTS) is 1. The number of likely N-dealkylation sites (N-methyl/N-ethyl adjacent to an activating group) is 2. The Hall–Kier alpha value is -2.18. The average Bonchev–Trinajstić information content (AvgIpc) is 2.96. The Morgan fingerprint density at radius 3 is 3.04 bits per heavy atom. The molecular formula is C17H22N4O2. The standard InChI is InChI=1S/C17H22N4O2/c1-18-17(8-3-9-21(2)11-17)16-19-13-6-4-12(5-7-15(22)23)10-14(13)20-16/h4-7,10,18H,3,8-9,11H2,1-2H3,(H,19,20)(H,22,23)/b7-5+/t17-/m0/s1. The van der Waals surface area contributed by atoms with Gasteiger partial charge in [0.15, 0.2) is 0 Å². The van der Waals surface area contributed by atoms with Crippen LogP contribution in [0.25, 0.3) is 17.1 Å². The summed E-state index contributed by atoms with van der Waals surface area (Å²) in [6.45, 7) is 2.02. The average molecular weight is 314 g/mol. The number of aliphatic carboxylic acids is 1. The van der Waals surface area contributed by atoms with Crippen LogP contribution in [0.1, 0.15) is 24.2 Å². The number of imidazole rings is 1. The van der Waals surface area contributed by atoms with Crippen molar-refractivity contribution in [1.29, 1.82) is 0 Å². The Balaban J connectivity index is 1.97. The number of nitrogens with one attached hydrogen (secondary N) is 2. The van der Waals surface area contributed by atoms with Gasteiger partial charge >= 0.3 is 5.97 Å². The molecular weight excluding hydrogens is 292 g/mol. The third-order valence-corrected chi connectivity index (χ3v) is 4.54. The summed E-state index contributed by atoms with van der Waals surface area (Å²) in [7, 11) is 4.11. The van der Waals surface area contributed by atoms with E-state index in [-0.39, 0.29) is 5.54 Å². The first-order chi connectivity index (χ1) is 11.0. The molecule has 1 fully saturated rings. The van der Waals surface area contributed by atoms with Crippen molar-refractivity contribution in [2.75, 3.05) is 27.2 Å². The van der Waals surface area contributed by atoms with Crippen molar-refractivity contribution in [3.63, 3.8) is 0 Å². The van der Waals surface area contributed by atoms with E-state index in [9.17, 15) is 4.79 Å². The van der Waals surface area contributed by atoms with E-state index in [1.165, 1.54) is 0 Å². The number of rotatable bonds is 4. The van der Waals surface area contributed by atoms with Crippen LogP contribution >= 0.6 is 0 Å². The van der Waals surface area contributed by atoms with Crippen molar-refractivity contribution in [2.24, 2.45) is 0 Å². The molecule has 0 spiro atoms. The number of hydrogen-bond acceptors (Lipinski definition) is 4. The smallest absolute Gasteiger partial charge is 0.328 e. The van der Waals surface area contributed by atoms with Crippen LogP contribution in [0.4, 0.5) is 0 Å². The third kappa shape index (κ3) is 3.13. The van der Waals surface area contributed by atoms with Crippen LogP contribution in [0, 0.1) is 0 Å². The first-order valence-electron chi connectivity index (χ1n) is 7.81. The molecule has 1 saturated heterocycles. The quantitative estimate of drug-likeness (QED) is 0.750. The Morgan fingerprint density at radius 1 is 1.52 bits per heavy atom. The predicted molar refractivity (Wildman–Crippen MR) is 90.2 cm³/mol. The first kappa shape index (κ1) is 15.7. The van der Waals surface area contributed by atoms with E-state index in [0.29, 0.717) is 0 Å². The van der Waals surface area contributed by atoms with Gasteiger partial charge in [-0.15, -0.1) is 0 Å². The maximum absolute atomic E-state index is 10.6. The molecule has 23 heavy (non-hydrogen) atoms. The summed E-state index contributed by atoms with van der Waals surface area (Å²) in [6, 6.07) is 5.74. The molecule has 2 aromatic rings. The number of carbonyl (C=O) groups is 1. The summed E-state index contributed by atoms with van der Waals surface area (Å²) in [6.07, 6.45) is 4.90. The fourth-order valence-electron chi connectivity index (χ4n) is 3.31. The SMILES string of the molecule is CN[C@@]1(c2nc3ccc(/C=C/C(=O)O)cc3[nH]2)CCCN(C)C1. The Morgan fingerprint density at radius 2 is 2.35 bits per heavy atom. The van der Waals surface area contributed by atoms with E-state index < -0.39 is 5.97 Å². The molecule has 3 N–H and O–H groups in total. The molecule has 1 atom stereocenters. The van der Waals surface area contributed by atoms with Crippen LogP contribution in [0.3, 0.4) is 0 Å². The number of aromatic nitrogens is 2. The number of fused-ring (bicyclic) bond motifs is 1. The zero-order valence-corrected chi connectivity index (χ0v) is 13.5. The number of carboxylic acids is 1. The predicted octanol–water partition coefficient (Wildman–Crippen LogP) is 1.80. The van der Waals surface area contributed by atoms with Gasteiger partial charge in [0.25, 0.3) is 0 Å². The van der Waals surface area contributed by atoms with E-state index in [1.54, 1.807) is 6.08 Å². The molecule has 3 rings (SSSR count). The van der Waals surface area contributed by atoms with Crippen LogP contribution < -0.4 is 5.32 Å². The molecule has 1 aromatic carbocycles. The summed E-state index contributed by atoms with van der Waals surface area (Å²) in [4.78, 5) is 21.1. The Labute approximate surface area is 135 Å². The van der Waals surface area contributed by atoms with Crippen molar-refractivity contribution >= 4 is 23.1 Å². The van der Waals surface area contributed by atoms with Gasteiger partial charge < -0.3 is 20.3 Å². The van der Waals surface area contributed by atoms with Gasteiger partial charge in [0.2, 0.25) is 0 Å².